The Balaban J connectivity index is 5.22. The van der Waals surface area contributed by atoms with Gasteiger partial charge in [0.2, 0.25) is 0 Å². The van der Waals surface area contributed by atoms with Gasteiger partial charge in [-0.05, 0) is 37.5 Å². The Hall–Kier alpha value is -1.94. The summed E-state index contributed by atoms with van der Waals surface area (Å²) < 4.78 is 68.9. The fraction of sp³-hybridized carbons (Fsp3) is 0.954. The van der Waals surface area contributed by atoms with E-state index in [4.69, 9.17) is 37.0 Å². The van der Waals surface area contributed by atoms with Crippen LogP contribution in [0.1, 0.15) is 465 Å². The van der Waals surface area contributed by atoms with Crippen molar-refractivity contribution in [2.45, 2.75) is 484 Å². The van der Waals surface area contributed by atoms with E-state index in [1.807, 2.05) is 0 Å². The standard InChI is InChI=1S/C87H170O17P2/c1-7-10-12-14-16-18-20-22-24-26-28-30-32-34-36-38-40-44-51-57-63-69-84(89)97-75-82(103-86(91)71-65-59-53-45-41-39-37-35-33-31-29-27-25-23-21-19-17-15-13-11-8-2)77-101-105(93,94)99-73-81(88)74-100-106(95,96)102-78-83(104-87(92)72-66-60-54-46-42-43-49-55-61-67-79(4)5)76-98-85(90)70-64-58-52-48-47-50-56-62-68-80(6)9-3/h79-83,88H,7-78H2,1-6H3,(H,93,94)(H,95,96)/t80?,81-,82-,83-/m1/s1. The minimum atomic E-state index is -4.97. The number of carbonyl (C=O) groups is 4. The summed E-state index contributed by atoms with van der Waals surface area (Å²) in [4.78, 5) is 73.2. The van der Waals surface area contributed by atoms with E-state index in [1.54, 1.807) is 0 Å². The Bertz CT molecular complexity index is 2030. The van der Waals surface area contributed by atoms with E-state index in [0.29, 0.717) is 25.7 Å². The molecule has 0 fully saturated rings. The van der Waals surface area contributed by atoms with E-state index in [1.165, 1.54) is 283 Å². The van der Waals surface area contributed by atoms with Crippen molar-refractivity contribution in [1.29, 1.82) is 0 Å². The average molecular weight is 1550 g/mol. The van der Waals surface area contributed by atoms with Gasteiger partial charge in [-0.3, -0.25) is 37.3 Å². The zero-order valence-corrected chi connectivity index (χ0v) is 71.5. The van der Waals surface area contributed by atoms with Crippen LogP contribution >= 0.6 is 15.6 Å². The van der Waals surface area contributed by atoms with Crippen molar-refractivity contribution in [2.75, 3.05) is 39.6 Å². The van der Waals surface area contributed by atoms with Crippen LogP contribution in [0.2, 0.25) is 0 Å². The summed E-state index contributed by atoms with van der Waals surface area (Å²) in [6.45, 7) is 9.64. The normalized spacial score (nSPS) is 14.1. The second-order valence-corrected chi connectivity index (χ2v) is 34.9. The molecule has 0 saturated carbocycles. The molecule has 19 heteroatoms. The Morgan fingerprint density at radius 1 is 0.274 bits per heavy atom. The molecule has 0 aliphatic heterocycles. The van der Waals surface area contributed by atoms with Crippen LogP contribution in [0, 0.1) is 11.8 Å². The summed E-state index contributed by atoms with van der Waals surface area (Å²) in [5.74, 6) is -0.591. The average Bonchev–Trinajstić information content (AvgIpc) is 0.904. The molecule has 0 aromatic rings. The maximum absolute atomic E-state index is 13.2. The molecule has 0 rings (SSSR count). The maximum atomic E-state index is 13.2. The Labute approximate surface area is 651 Å². The summed E-state index contributed by atoms with van der Waals surface area (Å²) >= 11 is 0. The predicted molar refractivity (Wildman–Crippen MR) is 437 cm³/mol. The summed E-state index contributed by atoms with van der Waals surface area (Å²) in [7, 11) is -9.93. The van der Waals surface area contributed by atoms with Crippen molar-refractivity contribution < 1.29 is 80.2 Å². The van der Waals surface area contributed by atoms with Gasteiger partial charge in [0, 0.05) is 25.7 Å². The maximum Gasteiger partial charge on any atom is 0.472 e. The lowest BCUT2D eigenvalue weighted by molar-refractivity contribution is -0.161. The third-order valence-corrected chi connectivity index (χ3v) is 22.7. The lowest BCUT2D eigenvalue weighted by atomic mass is 9.99. The van der Waals surface area contributed by atoms with E-state index < -0.39 is 97.5 Å². The predicted octanol–water partition coefficient (Wildman–Crippen LogP) is 26.6. The van der Waals surface area contributed by atoms with Crippen LogP contribution in [-0.2, 0) is 65.4 Å². The van der Waals surface area contributed by atoms with E-state index in [-0.39, 0.29) is 25.7 Å². The third kappa shape index (κ3) is 78.7. The molecule has 3 N–H and O–H groups in total. The van der Waals surface area contributed by atoms with E-state index in [2.05, 4.69) is 41.5 Å². The highest BCUT2D eigenvalue weighted by molar-refractivity contribution is 7.47. The van der Waals surface area contributed by atoms with Crippen LogP contribution < -0.4 is 0 Å². The second-order valence-electron chi connectivity index (χ2n) is 32.0. The molecular formula is C87H170O17P2. The van der Waals surface area contributed by atoms with Crippen molar-refractivity contribution in [3.63, 3.8) is 0 Å². The van der Waals surface area contributed by atoms with Gasteiger partial charge < -0.3 is 33.8 Å². The smallest absolute Gasteiger partial charge is 0.462 e. The van der Waals surface area contributed by atoms with Crippen molar-refractivity contribution in [3.05, 3.63) is 0 Å². The number of esters is 4. The van der Waals surface area contributed by atoms with Gasteiger partial charge in [0.1, 0.15) is 19.3 Å². The highest BCUT2D eigenvalue weighted by atomic mass is 31.2. The Morgan fingerprint density at radius 2 is 0.481 bits per heavy atom. The molecule has 0 saturated heterocycles. The number of ether oxygens (including phenoxy) is 4. The van der Waals surface area contributed by atoms with Gasteiger partial charge in [-0.2, -0.15) is 0 Å². The number of rotatable bonds is 86. The van der Waals surface area contributed by atoms with Gasteiger partial charge in [-0.25, -0.2) is 9.13 Å². The molecule has 0 aliphatic carbocycles. The minimum absolute atomic E-state index is 0.105. The summed E-state index contributed by atoms with van der Waals surface area (Å²) in [5, 5.41) is 10.7. The first-order valence-electron chi connectivity index (χ1n) is 45.0. The van der Waals surface area contributed by atoms with Crippen LogP contribution in [0.5, 0.6) is 0 Å². The Kier molecular flexibility index (Phi) is 76.9. The minimum Gasteiger partial charge on any atom is -0.462 e. The molecule has 0 heterocycles. The summed E-state index contributed by atoms with van der Waals surface area (Å²) in [6, 6.07) is 0. The third-order valence-electron chi connectivity index (χ3n) is 20.8. The molecule has 6 atom stereocenters. The zero-order chi connectivity index (χ0) is 77.8. The molecule has 17 nitrogen and oxygen atoms in total. The molecule has 0 aliphatic rings. The van der Waals surface area contributed by atoms with E-state index in [9.17, 15) is 43.2 Å². The molecule has 0 aromatic carbocycles. The topological polar surface area (TPSA) is 237 Å². The number of aliphatic hydroxyl groups is 1. The first-order valence-corrected chi connectivity index (χ1v) is 48.0. The fourth-order valence-electron chi connectivity index (χ4n) is 13.6. The van der Waals surface area contributed by atoms with Crippen molar-refractivity contribution >= 4 is 39.5 Å². The van der Waals surface area contributed by atoms with Crippen LogP contribution in [0.15, 0.2) is 0 Å². The van der Waals surface area contributed by atoms with Gasteiger partial charge in [0.25, 0.3) is 0 Å². The number of hydrogen-bond acceptors (Lipinski definition) is 15. The van der Waals surface area contributed by atoms with Gasteiger partial charge in [0.15, 0.2) is 12.2 Å². The van der Waals surface area contributed by atoms with Crippen molar-refractivity contribution in [2.24, 2.45) is 11.8 Å². The fourth-order valence-corrected chi connectivity index (χ4v) is 15.1. The highest BCUT2D eigenvalue weighted by Gasteiger charge is 2.30. The number of carbonyl (C=O) groups excluding carboxylic acids is 4. The molecule has 0 amide bonds. The largest absolute Gasteiger partial charge is 0.472 e. The number of phosphoric acid groups is 2. The summed E-state index contributed by atoms with van der Waals surface area (Å²) in [5.41, 5.74) is 0. The van der Waals surface area contributed by atoms with Gasteiger partial charge >= 0.3 is 39.5 Å². The molecular weight excluding hydrogens is 1380 g/mol. The highest BCUT2D eigenvalue weighted by Crippen LogP contribution is 2.45. The summed E-state index contributed by atoms with van der Waals surface area (Å²) in [6.07, 6.45) is 71.0. The Morgan fingerprint density at radius 3 is 0.717 bits per heavy atom. The SMILES string of the molecule is CCCCCCCCCCCCCCCCCCCCCCCC(=O)OC[C@H](COP(=O)(O)OC[C@@H](O)COP(=O)(O)OC[C@@H](COC(=O)CCCCCCCCCCC(C)CC)OC(=O)CCCCCCCCCCCC(C)C)OC(=O)CCCCCCCCCCCCCCCCCCCCCCC. The lowest BCUT2D eigenvalue weighted by Crippen LogP contribution is -2.30. The molecule has 0 radical (unpaired) electrons. The quantitative estimate of drug-likeness (QED) is 0.0222. The molecule has 3 unspecified atom stereocenters. The van der Waals surface area contributed by atoms with Crippen LogP contribution in [0.4, 0.5) is 0 Å². The lowest BCUT2D eigenvalue weighted by Gasteiger charge is -2.21. The number of phosphoric ester groups is 2. The number of hydrogen-bond donors (Lipinski definition) is 3. The van der Waals surface area contributed by atoms with Crippen LogP contribution in [0.25, 0.3) is 0 Å². The monoisotopic (exact) mass is 1550 g/mol. The second kappa shape index (κ2) is 78.3. The van der Waals surface area contributed by atoms with Crippen LogP contribution in [0.3, 0.4) is 0 Å². The molecule has 106 heavy (non-hydrogen) atoms. The molecule has 0 bridgehead atoms. The van der Waals surface area contributed by atoms with Gasteiger partial charge in [0.05, 0.1) is 26.4 Å². The van der Waals surface area contributed by atoms with Crippen molar-refractivity contribution in [1.82, 2.24) is 0 Å². The van der Waals surface area contributed by atoms with Crippen LogP contribution in [-0.4, -0.2) is 96.7 Å². The molecule has 0 aromatic heterocycles. The zero-order valence-electron chi connectivity index (χ0n) is 69.7. The van der Waals surface area contributed by atoms with Crippen molar-refractivity contribution in [3.8, 4) is 0 Å². The number of aliphatic hydroxyl groups excluding tert-OH is 1. The number of unbranched alkanes of at least 4 members (excludes halogenated alkanes) is 55. The molecule has 0 spiro atoms. The molecule has 630 valence electrons. The van der Waals surface area contributed by atoms with Gasteiger partial charge in [-0.15, -0.1) is 0 Å². The first-order chi connectivity index (χ1) is 51.4. The van der Waals surface area contributed by atoms with Gasteiger partial charge in [-0.1, -0.05) is 414 Å². The first kappa shape index (κ1) is 104. The van der Waals surface area contributed by atoms with E-state index in [0.717, 1.165) is 102 Å². The van der Waals surface area contributed by atoms with E-state index >= 15 is 0 Å².